The fourth-order valence-electron chi connectivity index (χ4n) is 1.43. The van der Waals surface area contributed by atoms with Gasteiger partial charge in [-0.05, 0) is 6.92 Å². The monoisotopic (exact) mass is 257 g/mol. The molecule has 0 bridgehead atoms. The van der Waals surface area contributed by atoms with Gasteiger partial charge in [0.2, 0.25) is 5.60 Å². The summed E-state index contributed by atoms with van der Waals surface area (Å²) < 4.78 is 39.1. The minimum atomic E-state index is -4.91. The molecule has 92 valence electrons. The third kappa shape index (κ3) is 1.79. The van der Waals surface area contributed by atoms with Gasteiger partial charge in [0.05, 0.1) is 16.4 Å². The van der Waals surface area contributed by atoms with Gasteiger partial charge in [-0.3, -0.25) is 4.68 Å². The van der Waals surface area contributed by atoms with Crippen LogP contribution in [0.1, 0.15) is 11.4 Å². The summed E-state index contributed by atoms with van der Waals surface area (Å²) in [5, 5.41) is 13.1. The highest BCUT2D eigenvalue weighted by Crippen LogP contribution is 2.41. The standard InChI is InChI=1S/C8H11ClF3N3O/c1-4-5(9)6(15(2)14-4)7(16,3-13)8(10,11)12/h16H,3,13H2,1-2H3. The van der Waals surface area contributed by atoms with E-state index >= 15 is 0 Å². The molecule has 0 aliphatic heterocycles. The van der Waals surface area contributed by atoms with Crippen molar-refractivity contribution < 1.29 is 18.3 Å². The molecule has 1 rings (SSSR count). The Bertz CT molecular complexity index is 404. The zero-order valence-electron chi connectivity index (χ0n) is 8.64. The van der Waals surface area contributed by atoms with Gasteiger partial charge in [-0.2, -0.15) is 18.3 Å². The first kappa shape index (κ1) is 13.3. The van der Waals surface area contributed by atoms with Crippen LogP contribution in [0.3, 0.4) is 0 Å². The molecule has 16 heavy (non-hydrogen) atoms. The van der Waals surface area contributed by atoms with Crippen molar-refractivity contribution in [2.75, 3.05) is 6.54 Å². The van der Waals surface area contributed by atoms with Crippen molar-refractivity contribution in [3.05, 3.63) is 16.4 Å². The van der Waals surface area contributed by atoms with E-state index in [0.29, 0.717) is 0 Å². The van der Waals surface area contributed by atoms with Gasteiger partial charge < -0.3 is 10.8 Å². The maximum atomic E-state index is 12.7. The van der Waals surface area contributed by atoms with Gasteiger partial charge in [0.15, 0.2) is 0 Å². The molecular formula is C8H11ClF3N3O. The quantitative estimate of drug-likeness (QED) is 0.834. The Morgan fingerprint density at radius 3 is 2.25 bits per heavy atom. The zero-order chi connectivity index (χ0) is 12.7. The van der Waals surface area contributed by atoms with E-state index in [1.54, 1.807) is 0 Å². The molecule has 1 aromatic heterocycles. The maximum Gasteiger partial charge on any atom is 0.424 e. The van der Waals surface area contributed by atoms with Crippen LogP contribution in [0.2, 0.25) is 5.02 Å². The number of alkyl halides is 3. The number of nitrogens with two attached hydrogens (primary N) is 1. The molecule has 3 N–H and O–H groups in total. The van der Waals surface area contributed by atoms with Crippen LogP contribution in [0.25, 0.3) is 0 Å². The molecule has 0 saturated heterocycles. The highest BCUT2D eigenvalue weighted by Gasteiger charge is 2.57. The Morgan fingerprint density at radius 1 is 1.50 bits per heavy atom. The Hall–Kier alpha value is -0.790. The number of aryl methyl sites for hydroxylation is 2. The lowest BCUT2D eigenvalue weighted by Gasteiger charge is -2.29. The zero-order valence-corrected chi connectivity index (χ0v) is 9.39. The Balaban J connectivity index is 3.45. The van der Waals surface area contributed by atoms with Crippen LogP contribution < -0.4 is 5.73 Å². The van der Waals surface area contributed by atoms with Crippen molar-refractivity contribution >= 4 is 11.6 Å². The lowest BCUT2D eigenvalue weighted by molar-refractivity contribution is -0.264. The number of aromatic nitrogens is 2. The lowest BCUT2D eigenvalue weighted by Crippen LogP contribution is -2.49. The van der Waals surface area contributed by atoms with E-state index in [-0.39, 0.29) is 10.7 Å². The van der Waals surface area contributed by atoms with Crippen LogP contribution in [0.4, 0.5) is 13.2 Å². The van der Waals surface area contributed by atoms with E-state index in [0.717, 1.165) is 4.68 Å². The topological polar surface area (TPSA) is 64.1 Å². The molecule has 0 saturated carbocycles. The van der Waals surface area contributed by atoms with Crippen LogP contribution in [0.15, 0.2) is 0 Å². The summed E-state index contributed by atoms with van der Waals surface area (Å²) in [7, 11) is 1.26. The van der Waals surface area contributed by atoms with E-state index < -0.39 is 24.0 Å². The van der Waals surface area contributed by atoms with Gasteiger partial charge in [0.25, 0.3) is 0 Å². The molecule has 0 radical (unpaired) electrons. The first-order valence-electron chi connectivity index (χ1n) is 4.34. The van der Waals surface area contributed by atoms with E-state index in [4.69, 9.17) is 17.3 Å². The average Bonchev–Trinajstić information content (AvgIpc) is 2.39. The highest BCUT2D eigenvalue weighted by atomic mass is 35.5. The van der Waals surface area contributed by atoms with Crippen molar-refractivity contribution in [3.63, 3.8) is 0 Å². The third-order valence-corrected chi connectivity index (χ3v) is 2.76. The molecule has 8 heteroatoms. The molecule has 0 spiro atoms. The molecule has 1 atom stereocenters. The smallest absolute Gasteiger partial charge is 0.374 e. The first-order valence-corrected chi connectivity index (χ1v) is 4.71. The fraction of sp³-hybridized carbons (Fsp3) is 0.625. The van der Waals surface area contributed by atoms with Crippen LogP contribution in [-0.4, -0.2) is 27.6 Å². The summed E-state index contributed by atoms with van der Waals surface area (Å²) in [5.74, 6) is 0. The summed E-state index contributed by atoms with van der Waals surface area (Å²) in [5.41, 5.74) is 1.49. The normalized spacial score (nSPS) is 16.2. The SMILES string of the molecule is Cc1nn(C)c(C(O)(CN)C(F)(F)F)c1Cl. The predicted octanol–water partition coefficient (Wildman–Crippen LogP) is 1.09. The minimum Gasteiger partial charge on any atom is -0.374 e. The summed E-state index contributed by atoms with van der Waals surface area (Å²) in [6.07, 6.45) is -4.91. The Morgan fingerprint density at radius 2 is 2.00 bits per heavy atom. The summed E-state index contributed by atoms with van der Waals surface area (Å²) in [4.78, 5) is 0. The Kier molecular flexibility index (Phi) is 3.24. The maximum absolute atomic E-state index is 12.7. The van der Waals surface area contributed by atoms with Crippen molar-refractivity contribution in [3.8, 4) is 0 Å². The van der Waals surface area contributed by atoms with Gasteiger partial charge in [-0.25, -0.2) is 0 Å². The van der Waals surface area contributed by atoms with Gasteiger partial charge in [-0.15, -0.1) is 0 Å². The summed E-state index contributed by atoms with van der Waals surface area (Å²) in [6.45, 7) is 0.425. The molecule has 0 amide bonds. The predicted molar refractivity (Wildman–Crippen MR) is 52.0 cm³/mol. The van der Waals surface area contributed by atoms with Gasteiger partial charge in [0.1, 0.15) is 0 Å². The number of rotatable bonds is 2. The molecule has 1 heterocycles. The molecule has 0 aromatic carbocycles. The van der Waals surface area contributed by atoms with Crippen molar-refractivity contribution in [2.45, 2.75) is 18.7 Å². The van der Waals surface area contributed by atoms with Crippen LogP contribution in [0, 0.1) is 6.92 Å². The van der Waals surface area contributed by atoms with Crippen LogP contribution >= 0.6 is 11.6 Å². The second kappa shape index (κ2) is 3.90. The number of halogens is 4. The first-order chi connectivity index (χ1) is 7.15. The van der Waals surface area contributed by atoms with E-state index in [2.05, 4.69) is 5.10 Å². The van der Waals surface area contributed by atoms with E-state index in [1.807, 2.05) is 0 Å². The van der Waals surface area contributed by atoms with Crippen LogP contribution in [-0.2, 0) is 12.6 Å². The minimum absolute atomic E-state index is 0.204. The Labute approximate surface area is 94.8 Å². The van der Waals surface area contributed by atoms with Gasteiger partial charge in [-0.1, -0.05) is 11.6 Å². The summed E-state index contributed by atoms with van der Waals surface area (Å²) in [6, 6.07) is 0. The van der Waals surface area contributed by atoms with Crippen molar-refractivity contribution in [2.24, 2.45) is 12.8 Å². The number of aliphatic hydroxyl groups is 1. The number of hydrogen-bond donors (Lipinski definition) is 2. The largest absolute Gasteiger partial charge is 0.424 e. The lowest BCUT2D eigenvalue weighted by atomic mass is 9.98. The molecule has 1 aromatic rings. The molecule has 0 aliphatic carbocycles. The molecule has 1 unspecified atom stereocenters. The van der Waals surface area contributed by atoms with E-state index in [1.165, 1.54) is 14.0 Å². The second-order valence-electron chi connectivity index (χ2n) is 3.43. The highest BCUT2D eigenvalue weighted by molar-refractivity contribution is 6.32. The molecule has 4 nitrogen and oxygen atoms in total. The average molecular weight is 258 g/mol. The summed E-state index contributed by atoms with van der Waals surface area (Å²) >= 11 is 5.68. The molecule has 0 fully saturated rings. The van der Waals surface area contributed by atoms with Gasteiger partial charge >= 0.3 is 6.18 Å². The second-order valence-corrected chi connectivity index (χ2v) is 3.81. The number of hydrogen-bond acceptors (Lipinski definition) is 3. The molecule has 0 aliphatic rings. The van der Waals surface area contributed by atoms with E-state index in [9.17, 15) is 18.3 Å². The van der Waals surface area contributed by atoms with Gasteiger partial charge in [0, 0.05) is 13.6 Å². The third-order valence-electron chi connectivity index (χ3n) is 2.31. The van der Waals surface area contributed by atoms with Crippen molar-refractivity contribution in [1.82, 2.24) is 9.78 Å². The fourth-order valence-corrected chi connectivity index (χ4v) is 1.74. The number of nitrogens with zero attached hydrogens (tertiary/aromatic N) is 2. The van der Waals surface area contributed by atoms with Crippen LogP contribution in [0.5, 0.6) is 0 Å². The molecular weight excluding hydrogens is 247 g/mol. The van der Waals surface area contributed by atoms with Crippen molar-refractivity contribution in [1.29, 1.82) is 0 Å².